The third-order valence-corrected chi connectivity index (χ3v) is 5.02. The molecule has 0 aliphatic rings. The van der Waals surface area contributed by atoms with Crippen LogP contribution in [0.25, 0.3) is 0 Å². The molecule has 0 aliphatic heterocycles. The summed E-state index contributed by atoms with van der Waals surface area (Å²) < 4.78 is 18.5. The third kappa shape index (κ3) is 7.27. The van der Waals surface area contributed by atoms with Crippen LogP contribution in [0.15, 0.2) is 52.5 Å². The number of benzene rings is 2. The molecule has 1 unspecified atom stereocenters. The predicted molar refractivity (Wildman–Crippen MR) is 120 cm³/mol. The molecule has 5 nitrogen and oxygen atoms in total. The standard InChI is InChI=1S/C20H19BrClIO5/c1-12(7-20(25)27-13(2)10-24)11-26-19-9-15(4-5-17(19)22)28-18-6-3-14(23)8-16(18)21/h3-9,13,24H,10-11H2,1-2H3. The van der Waals surface area contributed by atoms with E-state index in [1.807, 2.05) is 18.2 Å². The van der Waals surface area contributed by atoms with E-state index in [2.05, 4.69) is 38.5 Å². The molecule has 1 atom stereocenters. The van der Waals surface area contributed by atoms with Gasteiger partial charge in [0.2, 0.25) is 0 Å². The second kappa shape index (κ2) is 11.0. The summed E-state index contributed by atoms with van der Waals surface area (Å²) >= 11 is 11.9. The molecule has 0 saturated carbocycles. The molecule has 8 heteroatoms. The van der Waals surface area contributed by atoms with Gasteiger partial charge in [-0.2, -0.15) is 0 Å². The second-order valence-corrected chi connectivity index (χ2v) is 8.49. The molecule has 0 spiro atoms. The van der Waals surface area contributed by atoms with Gasteiger partial charge in [-0.3, -0.25) is 0 Å². The zero-order valence-electron chi connectivity index (χ0n) is 15.2. The highest BCUT2D eigenvalue weighted by Gasteiger charge is 2.10. The summed E-state index contributed by atoms with van der Waals surface area (Å²) in [5, 5.41) is 9.34. The van der Waals surface area contributed by atoms with Gasteiger partial charge < -0.3 is 19.3 Å². The molecular weight excluding hydrogens is 562 g/mol. The smallest absolute Gasteiger partial charge is 0.331 e. The number of hydrogen-bond acceptors (Lipinski definition) is 5. The van der Waals surface area contributed by atoms with Crippen LogP contribution in [0.4, 0.5) is 0 Å². The fraction of sp³-hybridized carbons (Fsp3) is 0.250. The van der Waals surface area contributed by atoms with E-state index in [0.29, 0.717) is 27.8 Å². The monoisotopic (exact) mass is 580 g/mol. The molecule has 0 bridgehead atoms. The van der Waals surface area contributed by atoms with E-state index >= 15 is 0 Å². The average molecular weight is 582 g/mol. The van der Waals surface area contributed by atoms with Gasteiger partial charge >= 0.3 is 5.97 Å². The lowest BCUT2D eigenvalue weighted by Gasteiger charge is -2.12. The fourth-order valence-corrected chi connectivity index (χ4v) is 3.60. The first-order chi connectivity index (χ1) is 13.3. The average Bonchev–Trinajstić information content (AvgIpc) is 2.64. The molecule has 2 aromatic rings. The Kier molecular flexibility index (Phi) is 9.07. The van der Waals surface area contributed by atoms with Gasteiger partial charge in [0, 0.05) is 15.7 Å². The maximum atomic E-state index is 11.7. The first-order valence-corrected chi connectivity index (χ1v) is 10.6. The molecule has 0 aromatic heterocycles. The fourth-order valence-electron chi connectivity index (χ4n) is 2.05. The molecular formula is C20H19BrClIO5. The van der Waals surface area contributed by atoms with Gasteiger partial charge in [-0.1, -0.05) is 11.6 Å². The summed E-state index contributed by atoms with van der Waals surface area (Å²) in [5.41, 5.74) is 0.651. The maximum Gasteiger partial charge on any atom is 0.331 e. The number of aliphatic hydroxyl groups excluding tert-OH is 1. The molecule has 0 amide bonds. The van der Waals surface area contributed by atoms with Crippen LogP contribution in [0.1, 0.15) is 13.8 Å². The van der Waals surface area contributed by atoms with E-state index in [0.717, 1.165) is 8.04 Å². The van der Waals surface area contributed by atoms with Gasteiger partial charge in [0.15, 0.2) is 0 Å². The molecule has 2 rings (SSSR count). The summed E-state index contributed by atoms with van der Waals surface area (Å²) in [4.78, 5) is 11.7. The van der Waals surface area contributed by atoms with Gasteiger partial charge in [-0.15, -0.1) is 0 Å². The molecule has 28 heavy (non-hydrogen) atoms. The highest BCUT2D eigenvalue weighted by atomic mass is 127. The molecule has 0 saturated heterocycles. The van der Waals surface area contributed by atoms with Crippen molar-refractivity contribution in [3.63, 3.8) is 0 Å². The van der Waals surface area contributed by atoms with Crippen molar-refractivity contribution in [3.05, 3.63) is 61.1 Å². The van der Waals surface area contributed by atoms with E-state index < -0.39 is 12.1 Å². The molecule has 1 N–H and O–H groups in total. The minimum absolute atomic E-state index is 0.152. The Morgan fingerprint density at radius 2 is 2.04 bits per heavy atom. The zero-order chi connectivity index (χ0) is 20.7. The number of hydrogen-bond donors (Lipinski definition) is 1. The van der Waals surface area contributed by atoms with Crippen molar-refractivity contribution < 1.29 is 24.1 Å². The summed E-state index contributed by atoms with van der Waals surface area (Å²) in [5.74, 6) is 1.14. The highest BCUT2D eigenvalue weighted by molar-refractivity contribution is 14.1. The first kappa shape index (κ1) is 23.0. The quantitative estimate of drug-likeness (QED) is 0.245. The van der Waals surface area contributed by atoms with E-state index in [4.69, 9.17) is 30.9 Å². The number of halogens is 3. The number of rotatable bonds is 8. The van der Waals surface area contributed by atoms with Crippen LogP contribution in [0, 0.1) is 3.57 Å². The van der Waals surface area contributed by atoms with Gasteiger partial charge in [0.1, 0.15) is 30.0 Å². The summed E-state index contributed by atoms with van der Waals surface area (Å²) in [7, 11) is 0. The lowest BCUT2D eigenvalue weighted by Crippen LogP contribution is -2.17. The van der Waals surface area contributed by atoms with Crippen LogP contribution >= 0.6 is 50.1 Å². The van der Waals surface area contributed by atoms with Crippen LogP contribution in [0.2, 0.25) is 5.02 Å². The number of carbonyl (C=O) groups is 1. The van der Waals surface area contributed by atoms with Crippen LogP contribution in [0.5, 0.6) is 17.2 Å². The Labute approximate surface area is 190 Å². The molecule has 0 radical (unpaired) electrons. The molecule has 0 fully saturated rings. The number of aliphatic hydroxyl groups is 1. The van der Waals surface area contributed by atoms with Gasteiger partial charge in [-0.05, 0) is 88.3 Å². The zero-order valence-corrected chi connectivity index (χ0v) is 19.7. The Bertz CT molecular complexity index is 872. The molecule has 150 valence electrons. The van der Waals surface area contributed by atoms with Crippen molar-refractivity contribution in [2.45, 2.75) is 20.0 Å². The lowest BCUT2D eigenvalue weighted by molar-refractivity contribution is -0.143. The van der Waals surface area contributed by atoms with E-state index in [1.54, 1.807) is 32.0 Å². The van der Waals surface area contributed by atoms with Crippen LogP contribution in [-0.4, -0.2) is 30.4 Å². The molecule has 0 heterocycles. The van der Waals surface area contributed by atoms with Gasteiger partial charge in [0.05, 0.1) is 16.1 Å². The molecule has 0 aliphatic carbocycles. The minimum Gasteiger partial charge on any atom is -0.488 e. The summed E-state index contributed by atoms with van der Waals surface area (Å²) in [6.45, 7) is 3.27. The third-order valence-electron chi connectivity index (χ3n) is 3.42. The van der Waals surface area contributed by atoms with Crippen molar-refractivity contribution in [2.24, 2.45) is 0 Å². The predicted octanol–water partition coefficient (Wildman–Crippen LogP) is 5.75. The Balaban J connectivity index is 2.04. The van der Waals surface area contributed by atoms with Crippen molar-refractivity contribution in [3.8, 4) is 17.2 Å². The van der Waals surface area contributed by atoms with Crippen molar-refractivity contribution >= 4 is 56.1 Å². The number of ether oxygens (including phenoxy) is 3. The summed E-state index contributed by atoms with van der Waals surface area (Å²) in [6.07, 6.45) is 0.768. The van der Waals surface area contributed by atoms with Gasteiger partial charge in [-0.25, -0.2) is 4.79 Å². The van der Waals surface area contributed by atoms with E-state index in [-0.39, 0.29) is 13.2 Å². The van der Waals surface area contributed by atoms with Crippen molar-refractivity contribution in [1.82, 2.24) is 0 Å². The topological polar surface area (TPSA) is 65.0 Å². The largest absolute Gasteiger partial charge is 0.488 e. The first-order valence-electron chi connectivity index (χ1n) is 8.32. The lowest BCUT2D eigenvalue weighted by atomic mass is 10.3. The van der Waals surface area contributed by atoms with Crippen LogP contribution < -0.4 is 9.47 Å². The Hall–Kier alpha value is -1.29. The van der Waals surface area contributed by atoms with Crippen molar-refractivity contribution in [1.29, 1.82) is 0 Å². The Morgan fingerprint density at radius 1 is 1.29 bits per heavy atom. The normalized spacial score (nSPS) is 12.4. The number of carbonyl (C=O) groups excluding carboxylic acids is 1. The van der Waals surface area contributed by atoms with Crippen LogP contribution in [0.3, 0.4) is 0 Å². The molecule has 2 aromatic carbocycles. The minimum atomic E-state index is -0.554. The second-order valence-electron chi connectivity index (χ2n) is 5.98. The van der Waals surface area contributed by atoms with Crippen LogP contribution in [-0.2, 0) is 9.53 Å². The van der Waals surface area contributed by atoms with Crippen molar-refractivity contribution in [2.75, 3.05) is 13.2 Å². The van der Waals surface area contributed by atoms with E-state index in [9.17, 15) is 4.79 Å². The maximum absolute atomic E-state index is 11.7. The van der Waals surface area contributed by atoms with Gasteiger partial charge in [0.25, 0.3) is 0 Å². The Morgan fingerprint density at radius 3 is 2.71 bits per heavy atom. The highest BCUT2D eigenvalue weighted by Crippen LogP contribution is 2.35. The van der Waals surface area contributed by atoms with E-state index in [1.165, 1.54) is 6.08 Å². The number of esters is 1. The SMILES string of the molecule is CC(=CC(=O)OC(C)CO)COc1cc(Oc2ccc(I)cc2Br)ccc1Cl. The summed E-state index contributed by atoms with van der Waals surface area (Å²) in [6, 6.07) is 10.9.